The van der Waals surface area contributed by atoms with E-state index in [2.05, 4.69) is 41.5 Å². The highest BCUT2D eigenvalue weighted by Crippen LogP contribution is 2.23. The Balaban J connectivity index is 1.76. The number of imidazole rings is 1. The summed E-state index contributed by atoms with van der Waals surface area (Å²) < 4.78 is 1.97. The van der Waals surface area contributed by atoms with Crippen LogP contribution in [0.3, 0.4) is 0 Å². The molecule has 0 unspecified atom stereocenters. The molecule has 0 saturated heterocycles. The van der Waals surface area contributed by atoms with Gasteiger partial charge < -0.3 is 9.88 Å². The summed E-state index contributed by atoms with van der Waals surface area (Å²) in [5.74, 6) is 0.720. The SMILES string of the molecule is Cc1ccc(-c2cnc(NCc3cccc([N+](=O)[O-])c3)n2C)cc1. The lowest BCUT2D eigenvalue weighted by atomic mass is 10.1. The van der Waals surface area contributed by atoms with Crippen LogP contribution < -0.4 is 5.32 Å². The first-order chi connectivity index (χ1) is 11.5. The van der Waals surface area contributed by atoms with E-state index in [1.807, 2.05) is 23.9 Å². The molecule has 3 aromatic rings. The van der Waals surface area contributed by atoms with Crippen LogP contribution in [0.2, 0.25) is 0 Å². The Morgan fingerprint density at radius 2 is 1.96 bits per heavy atom. The molecule has 0 bridgehead atoms. The van der Waals surface area contributed by atoms with E-state index in [1.54, 1.807) is 12.1 Å². The molecule has 0 aliphatic heterocycles. The number of aromatic nitrogens is 2. The molecule has 3 rings (SSSR count). The molecule has 0 aliphatic carbocycles. The molecular formula is C18H18N4O2. The van der Waals surface area contributed by atoms with E-state index in [1.165, 1.54) is 11.6 Å². The van der Waals surface area contributed by atoms with Gasteiger partial charge in [-0.05, 0) is 18.1 Å². The average Bonchev–Trinajstić information content (AvgIpc) is 2.95. The summed E-state index contributed by atoms with van der Waals surface area (Å²) >= 11 is 0. The topological polar surface area (TPSA) is 73.0 Å². The monoisotopic (exact) mass is 322 g/mol. The lowest BCUT2D eigenvalue weighted by Gasteiger charge is -2.09. The van der Waals surface area contributed by atoms with Crippen LogP contribution >= 0.6 is 0 Å². The van der Waals surface area contributed by atoms with Crippen molar-refractivity contribution in [2.45, 2.75) is 13.5 Å². The molecule has 0 spiro atoms. The van der Waals surface area contributed by atoms with Crippen LogP contribution in [-0.2, 0) is 13.6 Å². The predicted octanol–water partition coefficient (Wildman–Crippen LogP) is 3.92. The highest BCUT2D eigenvalue weighted by atomic mass is 16.6. The molecule has 0 saturated carbocycles. The number of nitrogens with zero attached hydrogens (tertiary/aromatic N) is 3. The average molecular weight is 322 g/mol. The molecule has 0 amide bonds. The van der Waals surface area contributed by atoms with Crippen molar-refractivity contribution in [3.05, 3.63) is 76.0 Å². The molecule has 24 heavy (non-hydrogen) atoms. The first-order valence-corrected chi connectivity index (χ1v) is 7.60. The maximum absolute atomic E-state index is 10.8. The number of hydrogen-bond donors (Lipinski definition) is 1. The quantitative estimate of drug-likeness (QED) is 0.571. The largest absolute Gasteiger partial charge is 0.352 e. The van der Waals surface area contributed by atoms with E-state index in [4.69, 9.17) is 0 Å². The van der Waals surface area contributed by atoms with Gasteiger partial charge in [0.2, 0.25) is 5.95 Å². The van der Waals surface area contributed by atoms with Gasteiger partial charge in [-0.3, -0.25) is 10.1 Å². The Hall–Kier alpha value is -3.15. The van der Waals surface area contributed by atoms with E-state index in [0.29, 0.717) is 6.54 Å². The zero-order valence-electron chi connectivity index (χ0n) is 13.6. The van der Waals surface area contributed by atoms with Gasteiger partial charge >= 0.3 is 0 Å². The second kappa shape index (κ2) is 6.54. The summed E-state index contributed by atoms with van der Waals surface area (Å²) in [6.45, 7) is 2.53. The van der Waals surface area contributed by atoms with Gasteiger partial charge in [0.05, 0.1) is 16.8 Å². The van der Waals surface area contributed by atoms with Crippen molar-refractivity contribution in [1.82, 2.24) is 9.55 Å². The smallest absolute Gasteiger partial charge is 0.269 e. The van der Waals surface area contributed by atoms with Crippen molar-refractivity contribution in [2.75, 3.05) is 5.32 Å². The summed E-state index contributed by atoms with van der Waals surface area (Å²) in [5.41, 5.74) is 4.25. The maximum Gasteiger partial charge on any atom is 0.269 e. The zero-order valence-corrected chi connectivity index (χ0v) is 13.6. The molecule has 0 radical (unpaired) electrons. The van der Waals surface area contributed by atoms with E-state index < -0.39 is 0 Å². The van der Waals surface area contributed by atoms with Crippen LogP contribution in [0.4, 0.5) is 11.6 Å². The fraction of sp³-hybridized carbons (Fsp3) is 0.167. The molecule has 1 heterocycles. The fourth-order valence-electron chi connectivity index (χ4n) is 2.53. The molecule has 1 aromatic heterocycles. The van der Waals surface area contributed by atoms with Crippen LogP contribution in [0.5, 0.6) is 0 Å². The van der Waals surface area contributed by atoms with Crippen molar-refractivity contribution >= 4 is 11.6 Å². The number of benzene rings is 2. The molecule has 1 N–H and O–H groups in total. The van der Waals surface area contributed by atoms with Crippen molar-refractivity contribution in [2.24, 2.45) is 7.05 Å². The van der Waals surface area contributed by atoms with E-state index >= 15 is 0 Å². The number of nitrogens with one attached hydrogen (secondary N) is 1. The van der Waals surface area contributed by atoms with E-state index in [0.717, 1.165) is 22.8 Å². The van der Waals surface area contributed by atoms with Gasteiger partial charge in [-0.2, -0.15) is 0 Å². The molecule has 0 atom stereocenters. The zero-order chi connectivity index (χ0) is 17.1. The van der Waals surface area contributed by atoms with Crippen LogP contribution in [0.15, 0.2) is 54.7 Å². The van der Waals surface area contributed by atoms with Gasteiger partial charge in [0.25, 0.3) is 5.69 Å². The van der Waals surface area contributed by atoms with Crippen molar-refractivity contribution in [1.29, 1.82) is 0 Å². The van der Waals surface area contributed by atoms with E-state index in [-0.39, 0.29) is 10.6 Å². The summed E-state index contributed by atoms with van der Waals surface area (Å²) in [4.78, 5) is 14.9. The lowest BCUT2D eigenvalue weighted by Crippen LogP contribution is -2.06. The molecule has 0 aliphatic rings. The number of anilines is 1. The van der Waals surface area contributed by atoms with Crippen molar-refractivity contribution < 1.29 is 4.92 Å². The maximum atomic E-state index is 10.8. The van der Waals surface area contributed by atoms with Gasteiger partial charge in [-0.15, -0.1) is 0 Å². The van der Waals surface area contributed by atoms with E-state index in [9.17, 15) is 10.1 Å². The number of hydrogen-bond acceptors (Lipinski definition) is 4. The standard InChI is InChI=1S/C18H18N4O2/c1-13-6-8-15(9-7-13)17-12-20-18(21(17)2)19-11-14-4-3-5-16(10-14)22(23)24/h3-10,12H,11H2,1-2H3,(H,19,20). The van der Waals surface area contributed by atoms with Gasteiger partial charge in [0.15, 0.2) is 0 Å². The molecule has 2 aromatic carbocycles. The first-order valence-electron chi connectivity index (χ1n) is 7.60. The van der Waals surface area contributed by atoms with Crippen molar-refractivity contribution in [3.8, 4) is 11.3 Å². The second-order valence-corrected chi connectivity index (χ2v) is 5.67. The number of rotatable bonds is 5. The Kier molecular flexibility index (Phi) is 4.29. The third-order valence-corrected chi connectivity index (χ3v) is 3.91. The number of aryl methyl sites for hydroxylation is 1. The fourth-order valence-corrected chi connectivity index (χ4v) is 2.53. The number of nitro benzene ring substituents is 1. The van der Waals surface area contributed by atoms with Crippen LogP contribution in [0.1, 0.15) is 11.1 Å². The second-order valence-electron chi connectivity index (χ2n) is 5.67. The first kappa shape index (κ1) is 15.7. The molecule has 6 nitrogen and oxygen atoms in total. The van der Waals surface area contributed by atoms with Gasteiger partial charge in [0, 0.05) is 25.7 Å². The molecular weight excluding hydrogens is 304 g/mol. The minimum atomic E-state index is -0.389. The van der Waals surface area contributed by atoms with Crippen LogP contribution in [-0.4, -0.2) is 14.5 Å². The summed E-state index contributed by atoms with van der Waals surface area (Å²) in [6.07, 6.45) is 1.82. The predicted molar refractivity (Wildman–Crippen MR) is 93.8 cm³/mol. The third-order valence-electron chi connectivity index (χ3n) is 3.91. The Morgan fingerprint density at radius 1 is 1.21 bits per heavy atom. The Bertz CT molecular complexity index is 869. The third kappa shape index (κ3) is 3.27. The number of nitro groups is 1. The molecule has 122 valence electrons. The number of non-ortho nitro benzene ring substituents is 1. The van der Waals surface area contributed by atoms with Gasteiger partial charge in [-0.25, -0.2) is 4.98 Å². The summed E-state index contributed by atoms with van der Waals surface area (Å²) in [7, 11) is 1.94. The molecule has 0 fully saturated rings. The van der Waals surface area contributed by atoms with Crippen LogP contribution in [0.25, 0.3) is 11.3 Å². The lowest BCUT2D eigenvalue weighted by molar-refractivity contribution is -0.384. The summed E-state index contributed by atoms with van der Waals surface area (Å²) in [5, 5.41) is 14.1. The Labute approximate surface area is 139 Å². The van der Waals surface area contributed by atoms with Gasteiger partial charge in [-0.1, -0.05) is 42.0 Å². The summed E-state index contributed by atoms with van der Waals surface area (Å²) in [6, 6.07) is 14.9. The highest BCUT2D eigenvalue weighted by molar-refractivity contribution is 5.61. The van der Waals surface area contributed by atoms with Gasteiger partial charge in [0.1, 0.15) is 0 Å². The molecule has 6 heteroatoms. The Morgan fingerprint density at radius 3 is 2.67 bits per heavy atom. The van der Waals surface area contributed by atoms with Crippen LogP contribution in [0, 0.1) is 17.0 Å². The normalized spacial score (nSPS) is 10.6. The minimum Gasteiger partial charge on any atom is -0.352 e. The van der Waals surface area contributed by atoms with Crippen molar-refractivity contribution in [3.63, 3.8) is 0 Å². The minimum absolute atomic E-state index is 0.0921. The highest BCUT2D eigenvalue weighted by Gasteiger charge is 2.09.